The van der Waals surface area contributed by atoms with Crippen LogP contribution in [0.25, 0.3) is 0 Å². The third-order valence-corrected chi connectivity index (χ3v) is 2.09. The molecule has 0 aliphatic heterocycles. The number of ether oxygens (including phenoxy) is 1. The van der Waals surface area contributed by atoms with Crippen molar-refractivity contribution in [2.75, 3.05) is 0 Å². The van der Waals surface area contributed by atoms with Crippen LogP contribution in [0.1, 0.15) is 39.5 Å². The fourth-order valence-corrected chi connectivity index (χ4v) is 1.15. The van der Waals surface area contributed by atoms with E-state index in [2.05, 4.69) is 4.74 Å². The van der Waals surface area contributed by atoms with Crippen molar-refractivity contribution in [3.05, 3.63) is 0 Å². The average molecular weight is 266 g/mol. The molecule has 0 spiro atoms. The molecule has 0 aromatic rings. The Morgan fingerprint density at radius 2 is 1.12 bits per heavy atom. The summed E-state index contributed by atoms with van der Waals surface area (Å²) in [5.41, 5.74) is 0. The second-order valence-corrected chi connectivity index (χ2v) is 3.74. The minimum atomic E-state index is -4.68. The lowest BCUT2D eigenvalue weighted by Gasteiger charge is -2.27. The Morgan fingerprint density at radius 1 is 0.824 bits per heavy atom. The van der Waals surface area contributed by atoms with Crippen LogP contribution in [0.4, 0.5) is 26.3 Å². The second kappa shape index (κ2) is 6.47. The van der Waals surface area contributed by atoms with Crippen molar-refractivity contribution in [1.29, 1.82) is 0 Å². The summed E-state index contributed by atoms with van der Waals surface area (Å²) in [5.74, 6) is 0. The lowest BCUT2D eigenvalue weighted by molar-refractivity contribution is -0.406. The summed E-state index contributed by atoms with van der Waals surface area (Å²) in [5, 5.41) is 0. The highest BCUT2D eigenvalue weighted by molar-refractivity contribution is 4.74. The molecule has 0 radical (unpaired) electrons. The van der Waals surface area contributed by atoms with Gasteiger partial charge >= 0.3 is 12.2 Å². The standard InChI is InChI=1S/C10H16F6O/c1-3-5-7(11)9(13,14)17-10(15,16)8(12)6-4-2/h7-8H,3-6H2,1-2H3. The summed E-state index contributed by atoms with van der Waals surface area (Å²) >= 11 is 0. The van der Waals surface area contributed by atoms with E-state index in [1.807, 2.05) is 0 Å². The molecule has 0 N–H and O–H groups in total. The molecule has 7 heteroatoms. The number of hydrogen-bond acceptors (Lipinski definition) is 1. The largest absolute Gasteiger partial charge is 0.391 e. The van der Waals surface area contributed by atoms with Crippen LogP contribution in [-0.4, -0.2) is 24.6 Å². The minimum absolute atomic E-state index is 0.0414. The maximum absolute atomic E-state index is 12.9. The fraction of sp³-hybridized carbons (Fsp3) is 1.00. The summed E-state index contributed by atoms with van der Waals surface area (Å²) in [6.07, 6.45) is -16.3. The fourth-order valence-electron chi connectivity index (χ4n) is 1.15. The van der Waals surface area contributed by atoms with Crippen molar-refractivity contribution in [3.8, 4) is 0 Å². The van der Waals surface area contributed by atoms with Gasteiger partial charge in [0, 0.05) is 0 Å². The smallest absolute Gasteiger partial charge is 0.251 e. The van der Waals surface area contributed by atoms with Crippen molar-refractivity contribution in [2.24, 2.45) is 0 Å². The molecule has 0 saturated heterocycles. The lowest BCUT2D eigenvalue weighted by Crippen LogP contribution is -2.44. The van der Waals surface area contributed by atoms with E-state index in [0.29, 0.717) is 0 Å². The molecule has 2 atom stereocenters. The predicted molar refractivity (Wildman–Crippen MR) is 50.6 cm³/mol. The van der Waals surface area contributed by atoms with E-state index in [1.54, 1.807) is 0 Å². The zero-order chi connectivity index (χ0) is 13.7. The topological polar surface area (TPSA) is 9.23 Å². The van der Waals surface area contributed by atoms with Crippen LogP contribution in [0.5, 0.6) is 0 Å². The van der Waals surface area contributed by atoms with Crippen LogP contribution in [-0.2, 0) is 4.74 Å². The molecular formula is C10H16F6O. The van der Waals surface area contributed by atoms with Gasteiger partial charge in [-0.25, -0.2) is 8.78 Å². The van der Waals surface area contributed by atoms with E-state index in [1.165, 1.54) is 13.8 Å². The number of rotatable bonds is 8. The Bertz CT molecular complexity index is 199. The highest BCUT2D eigenvalue weighted by atomic mass is 19.3. The van der Waals surface area contributed by atoms with Gasteiger partial charge in [0.1, 0.15) is 0 Å². The summed E-state index contributed by atoms with van der Waals surface area (Å²) in [4.78, 5) is 0. The average Bonchev–Trinajstić information content (AvgIpc) is 2.16. The molecule has 0 fully saturated rings. The quantitative estimate of drug-likeness (QED) is 0.589. The first-order valence-corrected chi connectivity index (χ1v) is 5.41. The third kappa shape index (κ3) is 5.14. The molecule has 17 heavy (non-hydrogen) atoms. The van der Waals surface area contributed by atoms with Crippen molar-refractivity contribution >= 4 is 0 Å². The van der Waals surface area contributed by atoms with Gasteiger partial charge < -0.3 is 0 Å². The molecule has 0 aliphatic carbocycles. The van der Waals surface area contributed by atoms with Gasteiger partial charge in [-0.1, -0.05) is 26.7 Å². The van der Waals surface area contributed by atoms with Crippen LogP contribution in [0.2, 0.25) is 0 Å². The minimum Gasteiger partial charge on any atom is -0.251 e. The lowest BCUT2D eigenvalue weighted by atomic mass is 10.2. The van der Waals surface area contributed by atoms with Gasteiger partial charge in [-0.15, -0.1) is 0 Å². The molecule has 1 nitrogen and oxygen atoms in total. The van der Waals surface area contributed by atoms with E-state index in [-0.39, 0.29) is 12.8 Å². The summed E-state index contributed by atoms with van der Waals surface area (Å²) in [6.45, 7) is 2.83. The van der Waals surface area contributed by atoms with Crippen LogP contribution < -0.4 is 0 Å². The summed E-state index contributed by atoms with van der Waals surface area (Å²) in [6, 6.07) is 0. The Balaban J connectivity index is 4.56. The first-order valence-electron chi connectivity index (χ1n) is 5.41. The van der Waals surface area contributed by atoms with Gasteiger partial charge in [-0.2, -0.15) is 17.6 Å². The van der Waals surface area contributed by atoms with E-state index in [4.69, 9.17) is 0 Å². The molecule has 0 bridgehead atoms. The second-order valence-electron chi connectivity index (χ2n) is 3.74. The highest BCUT2D eigenvalue weighted by Gasteiger charge is 2.53. The normalized spacial score (nSPS) is 16.9. The third-order valence-electron chi connectivity index (χ3n) is 2.09. The first-order chi connectivity index (χ1) is 7.67. The van der Waals surface area contributed by atoms with Gasteiger partial charge in [-0.3, -0.25) is 4.74 Å². The highest BCUT2D eigenvalue weighted by Crippen LogP contribution is 2.36. The van der Waals surface area contributed by atoms with Crippen molar-refractivity contribution in [1.82, 2.24) is 0 Å². The van der Waals surface area contributed by atoms with E-state index in [9.17, 15) is 26.3 Å². The van der Waals surface area contributed by atoms with E-state index in [0.717, 1.165) is 0 Å². The Labute approximate surface area is 96.1 Å². The van der Waals surface area contributed by atoms with Crippen LogP contribution in [0.3, 0.4) is 0 Å². The Hall–Kier alpha value is -0.460. The summed E-state index contributed by atoms with van der Waals surface area (Å²) < 4.78 is 80.1. The zero-order valence-corrected chi connectivity index (χ0v) is 9.66. The van der Waals surface area contributed by atoms with Gasteiger partial charge in [0.05, 0.1) is 0 Å². The molecule has 0 aliphatic rings. The number of alkyl halides is 6. The van der Waals surface area contributed by atoms with Crippen LogP contribution in [0, 0.1) is 0 Å². The molecule has 0 saturated carbocycles. The number of halogens is 6. The first kappa shape index (κ1) is 16.5. The molecule has 2 unspecified atom stereocenters. The Morgan fingerprint density at radius 3 is 1.35 bits per heavy atom. The molecule has 0 rings (SSSR count). The molecular weight excluding hydrogens is 250 g/mol. The van der Waals surface area contributed by atoms with Crippen LogP contribution >= 0.6 is 0 Å². The monoisotopic (exact) mass is 266 g/mol. The van der Waals surface area contributed by atoms with E-state index >= 15 is 0 Å². The number of hydrogen-bond donors (Lipinski definition) is 0. The Kier molecular flexibility index (Phi) is 6.29. The predicted octanol–water partition coefficient (Wildman–Crippen LogP) is 4.47. The molecule has 0 aromatic carbocycles. The van der Waals surface area contributed by atoms with Gasteiger partial charge in [0.15, 0.2) is 12.3 Å². The SMILES string of the molecule is CCCC(F)C(F)(F)OC(F)(F)C(F)CCC. The van der Waals surface area contributed by atoms with Crippen molar-refractivity contribution < 1.29 is 31.1 Å². The van der Waals surface area contributed by atoms with Crippen LogP contribution in [0.15, 0.2) is 0 Å². The molecule has 0 aromatic heterocycles. The summed E-state index contributed by atoms with van der Waals surface area (Å²) in [7, 11) is 0. The maximum Gasteiger partial charge on any atom is 0.391 e. The van der Waals surface area contributed by atoms with Gasteiger partial charge in [0.2, 0.25) is 0 Å². The molecule has 0 amide bonds. The van der Waals surface area contributed by atoms with Gasteiger partial charge in [0.25, 0.3) is 0 Å². The maximum atomic E-state index is 12.9. The van der Waals surface area contributed by atoms with Gasteiger partial charge in [-0.05, 0) is 12.8 Å². The zero-order valence-electron chi connectivity index (χ0n) is 9.66. The van der Waals surface area contributed by atoms with E-state index < -0.39 is 37.4 Å². The van der Waals surface area contributed by atoms with Crippen molar-refractivity contribution in [2.45, 2.75) is 64.1 Å². The molecule has 0 heterocycles. The van der Waals surface area contributed by atoms with Crippen molar-refractivity contribution in [3.63, 3.8) is 0 Å². The molecule has 104 valence electrons.